The van der Waals surface area contributed by atoms with Crippen LogP contribution in [0.1, 0.15) is 2.85 Å². The van der Waals surface area contributed by atoms with Crippen molar-refractivity contribution < 1.29 is 2.85 Å². The molecule has 0 unspecified atom stereocenters. The van der Waals surface area contributed by atoms with Gasteiger partial charge < -0.3 is 16.4 Å². The molecule has 3 aromatic rings. The van der Waals surface area contributed by atoms with E-state index in [1.165, 1.54) is 12.7 Å². The Morgan fingerprint density at radius 2 is 1.70 bits per heavy atom. The first-order chi connectivity index (χ1) is 13.4. The average Bonchev–Trinajstić information content (AvgIpc) is 2.72. The first-order valence-corrected chi connectivity index (χ1v) is 8.71. The Labute approximate surface area is 161 Å². The molecule has 0 aliphatic rings. The zero-order chi connectivity index (χ0) is 18.7. The van der Waals surface area contributed by atoms with Gasteiger partial charge in [0.2, 0.25) is 0 Å². The maximum Gasteiger partial charge on any atom is 0.136 e. The highest BCUT2D eigenvalue weighted by Crippen LogP contribution is 2.28. The second-order valence-corrected chi connectivity index (χ2v) is 5.70. The molecule has 0 fully saturated rings. The number of aromatic nitrogens is 1. The smallest absolute Gasteiger partial charge is 0.136 e. The third-order valence-electron chi connectivity index (χ3n) is 3.79. The molecule has 2 aromatic carbocycles. The summed E-state index contributed by atoms with van der Waals surface area (Å²) in [6.07, 6.45) is 2.66. The van der Waals surface area contributed by atoms with Gasteiger partial charge >= 0.3 is 0 Å². The van der Waals surface area contributed by atoms with E-state index in [0.717, 1.165) is 28.5 Å². The number of nitrogens with zero attached hydrogens (tertiary/aromatic N) is 3. The Hall–Kier alpha value is -3.67. The Balaban J connectivity index is 0.00000210. The molecule has 140 valence electrons. The molecule has 0 aliphatic carbocycles. The van der Waals surface area contributed by atoms with Crippen LogP contribution in [0.4, 0.5) is 17.3 Å². The van der Waals surface area contributed by atoms with Gasteiger partial charge in [0.05, 0.1) is 12.9 Å². The minimum Gasteiger partial charge on any atom is -0.390 e. The lowest BCUT2D eigenvalue weighted by molar-refractivity contribution is 1.01. The molecule has 0 atom stereocenters. The van der Waals surface area contributed by atoms with E-state index in [1.807, 2.05) is 54.6 Å². The van der Waals surface area contributed by atoms with Gasteiger partial charge in [-0.2, -0.15) is 0 Å². The normalized spacial score (nSPS) is 11.1. The lowest BCUT2D eigenvalue weighted by Gasteiger charge is -2.13. The summed E-state index contributed by atoms with van der Waals surface area (Å²) in [5.74, 6) is 1.58. The van der Waals surface area contributed by atoms with Crippen molar-refractivity contribution in [3.63, 3.8) is 0 Å². The molecule has 0 amide bonds. The number of pyridine rings is 1. The molecular weight excluding hydrogens is 336 g/mol. The minimum atomic E-state index is 0. The number of anilines is 3. The standard InChI is InChI=1S/C21H22N6.2H2/c22-15-24-16-23-13-14-25-21-19(17-7-3-1-4-8-17)11-12-20(27-21)26-18-9-5-2-6-10-18;;/h1-12,15-16H,13-14H2,(H2,22,23,24)(H2,25,26,27);2*1H. The highest BCUT2D eigenvalue weighted by molar-refractivity contribution is 5.77. The van der Waals surface area contributed by atoms with E-state index in [4.69, 9.17) is 10.7 Å². The van der Waals surface area contributed by atoms with Gasteiger partial charge in [-0.05, 0) is 29.8 Å². The van der Waals surface area contributed by atoms with Crippen LogP contribution in [0.15, 0.2) is 82.8 Å². The zero-order valence-electron chi connectivity index (χ0n) is 14.9. The molecule has 0 spiro atoms. The predicted molar refractivity (Wildman–Crippen MR) is 118 cm³/mol. The third kappa shape index (κ3) is 5.40. The summed E-state index contributed by atoms with van der Waals surface area (Å²) in [6.45, 7) is 1.21. The fraction of sp³-hybridized carbons (Fsp3) is 0.0952. The second-order valence-electron chi connectivity index (χ2n) is 5.70. The molecule has 0 bridgehead atoms. The van der Waals surface area contributed by atoms with Crippen molar-refractivity contribution in [1.29, 1.82) is 0 Å². The van der Waals surface area contributed by atoms with Crippen LogP contribution in [0.3, 0.4) is 0 Å². The highest BCUT2D eigenvalue weighted by Gasteiger charge is 2.08. The number of nitrogens with two attached hydrogens (primary N) is 1. The fourth-order valence-electron chi connectivity index (χ4n) is 2.57. The van der Waals surface area contributed by atoms with Crippen molar-refractivity contribution in [2.75, 3.05) is 23.7 Å². The van der Waals surface area contributed by atoms with Gasteiger partial charge in [-0.1, -0.05) is 48.5 Å². The van der Waals surface area contributed by atoms with Gasteiger partial charge in [-0.3, -0.25) is 4.99 Å². The largest absolute Gasteiger partial charge is 0.390 e. The number of aliphatic imine (C=N–C) groups is 2. The van der Waals surface area contributed by atoms with Crippen LogP contribution in [0, 0.1) is 0 Å². The fourth-order valence-corrected chi connectivity index (χ4v) is 2.57. The number of benzene rings is 2. The molecule has 6 heteroatoms. The molecule has 3 rings (SSSR count). The summed E-state index contributed by atoms with van der Waals surface area (Å²) in [5.41, 5.74) is 8.32. The highest BCUT2D eigenvalue weighted by atomic mass is 15.1. The molecule has 0 saturated heterocycles. The Morgan fingerprint density at radius 3 is 2.44 bits per heavy atom. The van der Waals surface area contributed by atoms with E-state index in [9.17, 15) is 0 Å². The molecule has 6 nitrogen and oxygen atoms in total. The quantitative estimate of drug-likeness (QED) is 0.315. The summed E-state index contributed by atoms with van der Waals surface area (Å²) in [4.78, 5) is 12.7. The number of nitrogens with one attached hydrogen (secondary N) is 2. The summed E-state index contributed by atoms with van der Waals surface area (Å²) in [6, 6.07) is 24.2. The van der Waals surface area contributed by atoms with Crippen molar-refractivity contribution in [2.45, 2.75) is 0 Å². The van der Waals surface area contributed by atoms with E-state index >= 15 is 0 Å². The van der Waals surface area contributed by atoms with Crippen molar-refractivity contribution in [3.05, 3.63) is 72.8 Å². The van der Waals surface area contributed by atoms with Crippen LogP contribution in [-0.2, 0) is 0 Å². The van der Waals surface area contributed by atoms with Gasteiger partial charge in [-0.15, -0.1) is 0 Å². The summed E-state index contributed by atoms with van der Waals surface area (Å²) in [7, 11) is 0. The van der Waals surface area contributed by atoms with Crippen molar-refractivity contribution in [3.8, 4) is 11.1 Å². The topological polar surface area (TPSA) is 87.7 Å². The van der Waals surface area contributed by atoms with Crippen molar-refractivity contribution in [1.82, 2.24) is 4.98 Å². The van der Waals surface area contributed by atoms with Gasteiger partial charge in [0, 0.05) is 20.6 Å². The lowest BCUT2D eigenvalue weighted by atomic mass is 10.1. The molecular formula is C21H26N6. The van der Waals surface area contributed by atoms with Crippen LogP contribution in [0.5, 0.6) is 0 Å². The van der Waals surface area contributed by atoms with E-state index in [2.05, 4.69) is 38.8 Å². The Bertz CT molecular complexity index is 902. The van der Waals surface area contributed by atoms with Gasteiger partial charge in [0.25, 0.3) is 0 Å². The number of hydrogen-bond acceptors (Lipinski definition) is 4. The average molecular weight is 362 g/mol. The van der Waals surface area contributed by atoms with Gasteiger partial charge in [-0.25, -0.2) is 9.98 Å². The first kappa shape index (κ1) is 18.1. The SMILES string of the molecule is NC=NC=NCCNc1nc(Nc2ccccc2)ccc1-c1ccccc1.[HH].[HH]. The second kappa shape index (κ2) is 9.72. The minimum absolute atomic E-state index is 0. The maximum absolute atomic E-state index is 5.18. The summed E-state index contributed by atoms with van der Waals surface area (Å²) >= 11 is 0. The van der Waals surface area contributed by atoms with Crippen LogP contribution in [0.2, 0.25) is 0 Å². The number of para-hydroxylation sites is 1. The van der Waals surface area contributed by atoms with Crippen molar-refractivity contribution >= 4 is 30.0 Å². The zero-order valence-corrected chi connectivity index (χ0v) is 14.9. The number of hydrogen-bond donors (Lipinski definition) is 3. The first-order valence-electron chi connectivity index (χ1n) is 8.71. The maximum atomic E-state index is 5.18. The summed E-state index contributed by atoms with van der Waals surface area (Å²) < 4.78 is 0. The number of rotatable bonds is 8. The molecule has 27 heavy (non-hydrogen) atoms. The lowest BCUT2D eigenvalue weighted by Crippen LogP contribution is -2.08. The third-order valence-corrected chi connectivity index (χ3v) is 3.79. The van der Waals surface area contributed by atoms with Crippen LogP contribution < -0.4 is 16.4 Å². The van der Waals surface area contributed by atoms with Gasteiger partial charge in [0.15, 0.2) is 0 Å². The molecule has 4 N–H and O–H groups in total. The molecule has 1 heterocycles. The van der Waals surface area contributed by atoms with Crippen LogP contribution in [0.25, 0.3) is 11.1 Å². The van der Waals surface area contributed by atoms with Crippen LogP contribution >= 0.6 is 0 Å². The predicted octanol–water partition coefficient (Wildman–Crippen LogP) is 4.41. The van der Waals surface area contributed by atoms with E-state index in [1.54, 1.807) is 0 Å². The molecule has 0 radical (unpaired) electrons. The van der Waals surface area contributed by atoms with Gasteiger partial charge in [0.1, 0.15) is 18.0 Å². The van der Waals surface area contributed by atoms with Crippen molar-refractivity contribution in [2.24, 2.45) is 15.7 Å². The van der Waals surface area contributed by atoms with E-state index < -0.39 is 0 Å². The molecule has 0 aliphatic heterocycles. The monoisotopic (exact) mass is 362 g/mol. The van der Waals surface area contributed by atoms with E-state index in [0.29, 0.717) is 13.1 Å². The molecule has 0 saturated carbocycles. The van der Waals surface area contributed by atoms with E-state index in [-0.39, 0.29) is 2.85 Å². The Morgan fingerprint density at radius 1 is 0.963 bits per heavy atom. The Kier molecular flexibility index (Phi) is 6.53. The van der Waals surface area contributed by atoms with Crippen LogP contribution in [-0.4, -0.2) is 30.8 Å². The molecule has 1 aromatic heterocycles. The summed E-state index contributed by atoms with van der Waals surface area (Å²) in [5, 5.41) is 6.69.